The van der Waals surface area contributed by atoms with E-state index in [0.717, 1.165) is 45.3 Å². The van der Waals surface area contributed by atoms with Gasteiger partial charge in [-0.15, -0.1) is 0 Å². The number of nitrogens with one attached hydrogen (secondary N) is 1. The quantitative estimate of drug-likeness (QED) is 0.241. The lowest BCUT2D eigenvalue weighted by Crippen LogP contribution is -2.38. The topological polar surface area (TPSA) is 81.8 Å². The fraction of sp³-hybridized carbons (Fsp3) is 0.923. The molecule has 112 valence electrons. The van der Waals surface area contributed by atoms with Crippen LogP contribution in [0.1, 0.15) is 32.1 Å². The maximum atomic E-state index is 11.0. The monoisotopic (exact) mass is 272 g/mol. The van der Waals surface area contributed by atoms with Crippen molar-refractivity contribution in [3.8, 4) is 0 Å². The minimum atomic E-state index is -0.187. The normalized spacial score (nSPS) is 24.1. The van der Waals surface area contributed by atoms with Gasteiger partial charge in [0.15, 0.2) is 0 Å². The van der Waals surface area contributed by atoms with Gasteiger partial charge in [0.1, 0.15) is 0 Å². The number of carbonyl (C=O) groups is 1. The fourth-order valence-electron chi connectivity index (χ4n) is 2.69. The molecule has 0 saturated carbocycles. The summed E-state index contributed by atoms with van der Waals surface area (Å²) in [6.45, 7) is 2.77. The number of hydrogen-bond acceptors (Lipinski definition) is 5. The minimum Gasteiger partial charge on any atom is -0.392 e. The number of likely N-dealkylation sites (N-methyl/N-ethyl adjacent to an activating group) is 1. The largest absolute Gasteiger partial charge is 0.392 e. The van der Waals surface area contributed by atoms with Crippen molar-refractivity contribution in [3.05, 3.63) is 0 Å². The smallest absolute Gasteiger partial charge is 0.233 e. The Hall–Kier alpha value is -0.690. The second kappa shape index (κ2) is 8.47. The summed E-state index contributed by atoms with van der Waals surface area (Å²) in [5.74, 6) is 4.93. The molecule has 6 nitrogen and oxygen atoms in total. The minimum absolute atomic E-state index is 0.0953. The van der Waals surface area contributed by atoms with Crippen LogP contribution in [0.3, 0.4) is 0 Å². The predicted octanol–water partition coefficient (Wildman–Crippen LogP) is -0.466. The Balaban J connectivity index is 2.18. The van der Waals surface area contributed by atoms with Crippen LogP contribution in [0.15, 0.2) is 0 Å². The molecule has 0 aromatic rings. The number of likely N-dealkylation sites (tertiary alicyclic amines) is 1. The molecule has 6 heteroatoms. The zero-order valence-corrected chi connectivity index (χ0v) is 12.1. The van der Waals surface area contributed by atoms with Crippen molar-refractivity contribution < 1.29 is 9.90 Å². The molecule has 1 rings (SSSR count). The second-order valence-corrected chi connectivity index (χ2v) is 5.68. The van der Waals surface area contributed by atoms with Crippen LogP contribution in [0.2, 0.25) is 0 Å². The lowest BCUT2D eigenvalue weighted by molar-refractivity contribution is -0.121. The van der Waals surface area contributed by atoms with E-state index in [1.807, 2.05) is 0 Å². The Labute approximate surface area is 115 Å². The van der Waals surface area contributed by atoms with Gasteiger partial charge in [0.05, 0.1) is 6.10 Å². The van der Waals surface area contributed by atoms with E-state index in [0.29, 0.717) is 12.5 Å². The number of unbranched alkanes of at least 4 members (excludes halogenated alkanes) is 2. The number of nitrogens with zero attached hydrogens (tertiary/aromatic N) is 2. The van der Waals surface area contributed by atoms with Gasteiger partial charge in [-0.2, -0.15) is 0 Å². The summed E-state index contributed by atoms with van der Waals surface area (Å²) in [5, 5.41) is 9.76. The first-order valence-corrected chi connectivity index (χ1v) is 7.09. The van der Waals surface area contributed by atoms with E-state index in [1.165, 1.54) is 0 Å². The number of β-amino-alcohol motifs (C(OH)–C–C–N with tert-alkyl or cyclic N) is 1. The molecular formula is C13H28N4O2. The summed E-state index contributed by atoms with van der Waals surface area (Å²) in [5.41, 5.74) is 2.14. The first kappa shape index (κ1) is 16.4. The Kier molecular flexibility index (Phi) is 7.30. The summed E-state index contributed by atoms with van der Waals surface area (Å²) >= 11 is 0. The van der Waals surface area contributed by atoms with E-state index in [-0.39, 0.29) is 12.0 Å². The van der Waals surface area contributed by atoms with Crippen molar-refractivity contribution in [2.75, 3.05) is 33.7 Å². The van der Waals surface area contributed by atoms with E-state index >= 15 is 0 Å². The maximum Gasteiger partial charge on any atom is 0.233 e. The van der Waals surface area contributed by atoms with Gasteiger partial charge in [-0.05, 0) is 39.9 Å². The zero-order valence-electron chi connectivity index (χ0n) is 12.1. The first-order valence-electron chi connectivity index (χ1n) is 7.09. The van der Waals surface area contributed by atoms with Crippen LogP contribution in [0.5, 0.6) is 0 Å². The number of aliphatic hydroxyl groups is 1. The standard InChI is InChI=1S/C13H28N4O2/c1-16(2)9-11-8-12(18)10-17(11)7-5-3-4-6-13(19)15-14/h11-12,18H,3-10,14H2,1-2H3,(H,15,19). The van der Waals surface area contributed by atoms with Gasteiger partial charge in [0, 0.05) is 25.6 Å². The summed E-state index contributed by atoms with van der Waals surface area (Å²) in [6, 6.07) is 0.456. The number of nitrogens with two attached hydrogens (primary N) is 1. The number of rotatable bonds is 8. The van der Waals surface area contributed by atoms with Crippen LogP contribution in [-0.4, -0.2) is 66.7 Å². The third kappa shape index (κ3) is 6.33. The van der Waals surface area contributed by atoms with Crippen molar-refractivity contribution >= 4 is 5.91 Å². The van der Waals surface area contributed by atoms with Crippen LogP contribution in [0, 0.1) is 0 Å². The zero-order chi connectivity index (χ0) is 14.3. The van der Waals surface area contributed by atoms with Gasteiger partial charge in [0.25, 0.3) is 0 Å². The van der Waals surface area contributed by atoms with Crippen LogP contribution in [0.4, 0.5) is 0 Å². The molecule has 2 unspecified atom stereocenters. The van der Waals surface area contributed by atoms with Gasteiger partial charge in [-0.25, -0.2) is 5.84 Å². The molecule has 1 aliphatic heterocycles. The Morgan fingerprint density at radius 2 is 2.16 bits per heavy atom. The Bertz CT molecular complexity index is 273. The Morgan fingerprint density at radius 1 is 1.42 bits per heavy atom. The molecule has 0 bridgehead atoms. The van der Waals surface area contributed by atoms with Crippen LogP contribution in [0.25, 0.3) is 0 Å². The second-order valence-electron chi connectivity index (χ2n) is 5.68. The molecule has 0 spiro atoms. The average molecular weight is 272 g/mol. The maximum absolute atomic E-state index is 11.0. The molecule has 1 amide bonds. The van der Waals surface area contributed by atoms with Crippen LogP contribution in [-0.2, 0) is 4.79 Å². The number of hydrazine groups is 1. The SMILES string of the molecule is CN(C)CC1CC(O)CN1CCCCCC(=O)NN. The van der Waals surface area contributed by atoms with Gasteiger partial charge in [-0.3, -0.25) is 15.1 Å². The van der Waals surface area contributed by atoms with E-state index < -0.39 is 0 Å². The van der Waals surface area contributed by atoms with Crippen LogP contribution < -0.4 is 11.3 Å². The summed E-state index contributed by atoms with van der Waals surface area (Å²) in [6.07, 6.45) is 4.14. The molecule has 0 aromatic heterocycles. The van der Waals surface area contributed by atoms with Gasteiger partial charge in [-0.1, -0.05) is 6.42 Å². The van der Waals surface area contributed by atoms with Crippen molar-refractivity contribution in [1.29, 1.82) is 0 Å². The summed E-state index contributed by atoms with van der Waals surface area (Å²) < 4.78 is 0. The van der Waals surface area contributed by atoms with Crippen molar-refractivity contribution in [1.82, 2.24) is 15.2 Å². The van der Waals surface area contributed by atoms with E-state index in [4.69, 9.17) is 5.84 Å². The number of aliphatic hydroxyl groups excluding tert-OH is 1. The van der Waals surface area contributed by atoms with Crippen molar-refractivity contribution in [2.45, 2.75) is 44.2 Å². The molecule has 0 aliphatic carbocycles. The first-order chi connectivity index (χ1) is 9.02. The highest BCUT2D eigenvalue weighted by molar-refractivity contribution is 5.74. The molecule has 19 heavy (non-hydrogen) atoms. The molecule has 1 fully saturated rings. The predicted molar refractivity (Wildman–Crippen MR) is 75.3 cm³/mol. The van der Waals surface area contributed by atoms with Gasteiger partial charge in [0.2, 0.25) is 5.91 Å². The number of carbonyl (C=O) groups excluding carboxylic acids is 1. The molecule has 2 atom stereocenters. The number of amides is 1. The lowest BCUT2D eigenvalue weighted by Gasteiger charge is -2.26. The third-order valence-corrected chi connectivity index (χ3v) is 3.59. The average Bonchev–Trinajstić information content (AvgIpc) is 2.68. The highest BCUT2D eigenvalue weighted by Gasteiger charge is 2.30. The Morgan fingerprint density at radius 3 is 2.79 bits per heavy atom. The van der Waals surface area contributed by atoms with E-state index in [1.54, 1.807) is 0 Å². The molecular weight excluding hydrogens is 244 g/mol. The fourth-order valence-corrected chi connectivity index (χ4v) is 2.69. The molecule has 1 aliphatic rings. The van der Waals surface area contributed by atoms with Gasteiger partial charge < -0.3 is 10.0 Å². The molecule has 1 saturated heterocycles. The van der Waals surface area contributed by atoms with Crippen LogP contribution >= 0.6 is 0 Å². The summed E-state index contributed by atoms with van der Waals surface area (Å²) in [7, 11) is 4.13. The molecule has 0 radical (unpaired) electrons. The summed E-state index contributed by atoms with van der Waals surface area (Å²) in [4.78, 5) is 15.5. The van der Waals surface area contributed by atoms with Crippen molar-refractivity contribution in [2.24, 2.45) is 5.84 Å². The van der Waals surface area contributed by atoms with E-state index in [9.17, 15) is 9.90 Å². The van der Waals surface area contributed by atoms with E-state index in [2.05, 4.69) is 29.3 Å². The molecule has 4 N–H and O–H groups in total. The number of hydrogen-bond donors (Lipinski definition) is 3. The third-order valence-electron chi connectivity index (χ3n) is 3.59. The van der Waals surface area contributed by atoms with Crippen molar-refractivity contribution in [3.63, 3.8) is 0 Å². The highest BCUT2D eigenvalue weighted by atomic mass is 16.3. The lowest BCUT2D eigenvalue weighted by atomic mass is 10.1. The molecule has 1 heterocycles. The highest BCUT2D eigenvalue weighted by Crippen LogP contribution is 2.19. The van der Waals surface area contributed by atoms with Gasteiger partial charge >= 0.3 is 0 Å². The molecule has 0 aromatic carbocycles.